The Kier molecular flexibility index (Phi) is 15.2. The van der Waals surface area contributed by atoms with Gasteiger partial charge in [0.2, 0.25) is 0 Å². The summed E-state index contributed by atoms with van der Waals surface area (Å²) in [7, 11) is 0. The monoisotopic (exact) mass is 324 g/mol. The summed E-state index contributed by atoms with van der Waals surface area (Å²) >= 11 is 0. The van der Waals surface area contributed by atoms with Gasteiger partial charge >= 0.3 is 0 Å². The summed E-state index contributed by atoms with van der Waals surface area (Å²) in [4.78, 5) is 0. The molecular formula is C24H36. The van der Waals surface area contributed by atoms with Gasteiger partial charge in [0.25, 0.3) is 0 Å². The first kappa shape index (κ1) is 20.5. The first-order valence-electron chi connectivity index (χ1n) is 9.90. The standard InChI is InChI=1S/2C12H18/c2*1-2-4-6-8-10-12-11-9-7-5-3-1/h2*1-2,7-10H,3-6,11-12H2/b2*2-1+,9-7+,10-8+. The Hall–Kier alpha value is -1.56. The summed E-state index contributed by atoms with van der Waals surface area (Å²) in [6.45, 7) is 0. The van der Waals surface area contributed by atoms with Crippen LogP contribution in [0.1, 0.15) is 77.0 Å². The number of hydrogen-bond donors (Lipinski definition) is 0. The van der Waals surface area contributed by atoms with Gasteiger partial charge in [-0.25, -0.2) is 0 Å². The van der Waals surface area contributed by atoms with Crippen molar-refractivity contribution in [3.63, 3.8) is 0 Å². The summed E-state index contributed by atoms with van der Waals surface area (Å²) < 4.78 is 0. The highest BCUT2D eigenvalue weighted by atomic mass is 13.9. The predicted molar refractivity (Wildman–Crippen MR) is 110 cm³/mol. The van der Waals surface area contributed by atoms with Crippen LogP contribution in [0.25, 0.3) is 0 Å². The van der Waals surface area contributed by atoms with Gasteiger partial charge in [-0.05, 0) is 77.0 Å². The van der Waals surface area contributed by atoms with Crippen LogP contribution in [0.15, 0.2) is 72.9 Å². The molecular weight excluding hydrogens is 288 g/mol. The molecule has 0 aromatic carbocycles. The van der Waals surface area contributed by atoms with Gasteiger partial charge in [0.05, 0.1) is 0 Å². The summed E-state index contributed by atoms with van der Waals surface area (Å²) in [5.41, 5.74) is 0. The van der Waals surface area contributed by atoms with E-state index in [4.69, 9.17) is 0 Å². The molecule has 0 heteroatoms. The van der Waals surface area contributed by atoms with Crippen molar-refractivity contribution in [2.75, 3.05) is 0 Å². The average Bonchev–Trinajstić information content (AvgIpc) is 2.56. The highest BCUT2D eigenvalue weighted by molar-refractivity contribution is 4.94. The third-order valence-corrected chi connectivity index (χ3v) is 4.00. The molecule has 24 heavy (non-hydrogen) atoms. The van der Waals surface area contributed by atoms with Gasteiger partial charge in [0.1, 0.15) is 0 Å². The molecule has 0 nitrogen and oxygen atoms in total. The Labute approximate surface area is 150 Å². The largest absolute Gasteiger partial charge is 0.0882 e. The maximum absolute atomic E-state index is 2.29. The fraction of sp³-hybridized carbons (Fsp3) is 0.500. The molecule has 0 amide bonds. The van der Waals surface area contributed by atoms with Crippen LogP contribution in [-0.4, -0.2) is 0 Å². The quantitative estimate of drug-likeness (QED) is 0.396. The van der Waals surface area contributed by atoms with Crippen LogP contribution >= 0.6 is 0 Å². The fourth-order valence-electron chi connectivity index (χ4n) is 2.57. The van der Waals surface area contributed by atoms with E-state index >= 15 is 0 Å². The van der Waals surface area contributed by atoms with E-state index in [0.717, 1.165) is 0 Å². The molecule has 0 bridgehead atoms. The summed E-state index contributed by atoms with van der Waals surface area (Å²) in [6, 6.07) is 0. The zero-order valence-corrected chi connectivity index (χ0v) is 15.4. The lowest BCUT2D eigenvalue weighted by Gasteiger charge is -1.92. The van der Waals surface area contributed by atoms with Gasteiger partial charge in [-0.15, -0.1) is 0 Å². The Morgan fingerprint density at radius 1 is 0.167 bits per heavy atom. The third kappa shape index (κ3) is 15.3. The lowest BCUT2D eigenvalue weighted by atomic mass is 10.1. The second-order valence-electron chi connectivity index (χ2n) is 6.29. The topological polar surface area (TPSA) is 0 Å². The normalized spacial score (nSPS) is 28.0. The van der Waals surface area contributed by atoms with Crippen LogP contribution in [-0.2, 0) is 0 Å². The number of hydrogen-bond acceptors (Lipinski definition) is 0. The van der Waals surface area contributed by atoms with Crippen molar-refractivity contribution in [2.24, 2.45) is 0 Å². The van der Waals surface area contributed by atoms with E-state index in [2.05, 4.69) is 72.9 Å². The van der Waals surface area contributed by atoms with E-state index in [1.807, 2.05) is 0 Å². The van der Waals surface area contributed by atoms with E-state index in [1.54, 1.807) is 0 Å². The van der Waals surface area contributed by atoms with Crippen molar-refractivity contribution in [2.45, 2.75) is 77.0 Å². The van der Waals surface area contributed by atoms with E-state index in [9.17, 15) is 0 Å². The first-order chi connectivity index (χ1) is 12.0. The van der Waals surface area contributed by atoms with Crippen LogP contribution in [0, 0.1) is 0 Å². The van der Waals surface area contributed by atoms with Gasteiger partial charge in [-0.1, -0.05) is 72.9 Å². The smallest absolute Gasteiger partial charge is 0.0316 e. The van der Waals surface area contributed by atoms with E-state index in [-0.39, 0.29) is 0 Å². The molecule has 0 fully saturated rings. The van der Waals surface area contributed by atoms with Crippen LogP contribution < -0.4 is 0 Å². The zero-order chi connectivity index (χ0) is 17.0. The second kappa shape index (κ2) is 17.8. The SMILES string of the molecule is C1=C/CC/C=C/CC/C=C/CC/1.C1=C/CC/C=C/CC/C=C/CC/1. The van der Waals surface area contributed by atoms with Crippen molar-refractivity contribution in [1.29, 1.82) is 0 Å². The van der Waals surface area contributed by atoms with Crippen molar-refractivity contribution in [1.82, 2.24) is 0 Å². The zero-order valence-electron chi connectivity index (χ0n) is 15.4. The molecule has 132 valence electrons. The molecule has 2 aliphatic rings. The van der Waals surface area contributed by atoms with E-state index in [0.29, 0.717) is 0 Å². The van der Waals surface area contributed by atoms with Crippen LogP contribution in [0.5, 0.6) is 0 Å². The Morgan fingerprint density at radius 3 is 0.333 bits per heavy atom. The summed E-state index contributed by atoms with van der Waals surface area (Å²) in [5.74, 6) is 0. The van der Waals surface area contributed by atoms with Gasteiger partial charge in [0, 0.05) is 0 Å². The molecule has 0 aromatic heterocycles. The Balaban J connectivity index is 0.000000240. The lowest BCUT2D eigenvalue weighted by molar-refractivity contribution is 0.962. The highest BCUT2D eigenvalue weighted by Gasteiger charge is 1.83. The highest BCUT2D eigenvalue weighted by Crippen LogP contribution is 2.03. The molecule has 0 aromatic rings. The maximum Gasteiger partial charge on any atom is -0.0316 e. The number of allylic oxidation sites excluding steroid dienone is 12. The van der Waals surface area contributed by atoms with Crippen LogP contribution in [0.3, 0.4) is 0 Å². The van der Waals surface area contributed by atoms with Gasteiger partial charge < -0.3 is 0 Å². The van der Waals surface area contributed by atoms with Crippen molar-refractivity contribution >= 4 is 0 Å². The molecule has 0 radical (unpaired) electrons. The molecule has 0 saturated heterocycles. The van der Waals surface area contributed by atoms with Crippen LogP contribution in [0.4, 0.5) is 0 Å². The molecule has 0 spiro atoms. The second-order valence-corrected chi connectivity index (χ2v) is 6.29. The molecule has 0 heterocycles. The van der Waals surface area contributed by atoms with Gasteiger partial charge in [0.15, 0.2) is 0 Å². The Bertz CT molecular complexity index is 284. The fourth-order valence-corrected chi connectivity index (χ4v) is 2.57. The lowest BCUT2D eigenvalue weighted by Crippen LogP contribution is -1.71. The van der Waals surface area contributed by atoms with E-state index < -0.39 is 0 Å². The molecule has 0 aliphatic heterocycles. The Morgan fingerprint density at radius 2 is 0.250 bits per heavy atom. The van der Waals surface area contributed by atoms with Crippen molar-refractivity contribution < 1.29 is 0 Å². The molecule has 0 N–H and O–H groups in total. The third-order valence-electron chi connectivity index (χ3n) is 4.00. The molecule has 0 saturated carbocycles. The molecule has 0 unspecified atom stereocenters. The average molecular weight is 325 g/mol. The minimum Gasteiger partial charge on any atom is -0.0882 e. The maximum atomic E-state index is 2.29. The summed E-state index contributed by atoms with van der Waals surface area (Å²) in [6.07, 6.45) is 42.0. The molecule has 2 aliphatic carbocycles. The predicted octanol–water partition coefficient (Wildman–Crippen LogP) is 8.02. The molecule has 0 atom stereocenters. The number of rotatable bonds is 0. The van der Waals surface area contributed by atoms with Crippen molar-refractivity contribution in [3.05, 3.63) is 72.9 Å². The van der Waals surface area contributed by atoms with Crippen molar-refractivity contribution in [3.8, 4) is 0 Å². The first-order valence-corrected chi connectivity index (χ1v) is 9.90. The van der Waals surface area contributed by atoms with Gasteiger partial charge in [-0.3, -0.25) is 0 Å². The minimum atomic E-state index is 1.21. The summed E-state index contributed by atoms with van der Waals surface area (Å²) in [5, 5.41) is 0. The minimum absolute atomic E-state index is 1.21. The van der Waals surface area contributed by atoms with E-state index in [1.165, 1.54) is 77.0 Å². The van der Waals surface area contributed by atoms with Crippen LogP contribution in [0.2, 0.25) is 0 Å². The molecule has 2 rings (SSSR count). The van der Waals surface area contributed by atoms with Gasteiger partial charge in [-0.2, -0.15) is 0 Å².